The number of carbonyl (C=O) groups excluding carboxylic acids is 1. The Labute approximate surface area is 107 Å². The van der Waals surface area contributed by atoms with Gasteiger partial charge in [0.25, 0.3) is 5.91 Å². The number of nitrogens with one attached hydrogen (secondary N) is 1. The first-order valence-electron chi connectivity index (χ1n) is 6.33. The van der Waals surface area contributed by atoms with Gasteiger partial charge in [-0.25, -0.2) is 4.39 Å². The first-order chi connectivity index (χ1) is 8.47. The lowest BCUT2D eigenvalue weighted by molar-refractivity contribution is 0.0996. The van der Waals surface area contributed by atoms with Crippen LogP contribution < -0.4 is 11.1 Å². The zero-order chi connectivity index (χ0) is 13.3. The lowest BCUT2D eigenvalue weighted by Gasteiger charge is -2.39. The molecule has 3 N–H and O–H groups in total. The quantitative estimate of drug-likeness (QED) is 0.863. The third-order valence-electron chi connectivity index (χ3n) is 3.72. The van der Waals surface area contributed by atoms with Crippen LogP contribution in [0.15, 0.2) is 18.2 Å². The molecule has 98 valence electrons. The Kier molecular flexibility index (Phi) is 3.55. The van der Waals surface area contributed by atoms with Crippen molar-refractivity contribution in [2.45, 2.75) is 32.7 Å². The van der Waals surface area contributed by atoms with E-state index in [4.69, 9.17) is 5.73 Å². The number of hydrogen-bond acceptors (Lipinski definition) is 2. The van der Waals surface area contributed by atoms with Gasteiger partial charge in [-0.2, -0.15) is 0 Å². The Hall–Kier alpha value is -1.58. The second kappa shape index (κ2) is 4.96. The van der Waals surface area contributed by atoms with E-state index >= 15 is 0 Å². The molecule has 1 aliphatic carbocycles. The Morgan fingerprint density at radius 1 is 1.44 bits per heavy atom. The van der Waals surface area contributed by atoms with Gasteiger partial charge in [-0.15, -0.1) is 0 Å². The molecule has 0 saturated heterocycles. The number of anilines is 1. The maximum Gasteiger partial charge on any atom is 0.251 e. The highest BCUT2D eigenvalue weighted by atomic mass is 19.1. The number of carbonyl (C=O) groups is 1. The van der Waals surface area contributed by atoms with Crippen molar-refractivity contribution in [1.82, 2.24) is 0 Å². The molecule has 3 nitrogen and oxygen atoms in total. The van der Waals surface area contributed by atoms with Crippen LogP contribution in [0.3, 0.4) is 0 Å². The first kappa shape index (κ1) is 12.9. The normalized spacial score (nSPS) is 22.7. The zero-order valence-corrected chi connectivity index (χ0v) is 10.7. The van der Waals surface area contributed by atoms with E-state index < -0.39 is 11.7 Å². The Morgan fingerprint density at radius 2 is 2.11 bits per heavy atom. The molecule has 0 radical (unpaired) electrons. The molecule has 1 aromatic carbocycles. The van der Waals surface area contributed by atoms with Crippen molar-refractivity contribution >= 4 is 11.6 Å². The zero-order valence-electron chi connectivity index (χ0n) is 10.7. The molecule has 1 aromatic rings. The van der Waals surface area contributed by atoms with Crippen LogP contribution in [0.1, 0.15) is 37.0 Å². The van der Waals surface area contributed by atoms with Gasteiger partial charge in [-0.3, -0.25) is 4.79 Å². The number of amides is 1. The molecule has 1 fully saturated rings. The summed E-state index contributed by atoms with van der Waals surface area (Å²) in [4.78, 5) is 11.0. The number of nitrogens with two attached hydrogens (primary N) is 1. The standard InChI is InChI=1S/C14H19FN2O/c1-8(2)9-5-11(6-9)17-10-3-4-13(15)12(7-10)14(16)18/h3-4,7-9,11,17H,5-6H2,1-2H3,(H2,16,18). The first-order valence-corrected chi connectivity index (χ1v) is 6.33. The van der Waals surface area contributed by atoms with Crippen LogP contribution in [0.4, 0.5) is 10.1 Å². The van der Waals surface area contributed by atoms with Crippen molar-refractivity contribution in [3.05, 3.63) is 29.6 Å². The average Bonchev–Trinajstić information content (AvgIpc) is 2.23. The van der Waals surface area contributed by atoms with E-state index in [1.807, 2.05) is 0 Å². The Morgan fingerprint density at radius 3 is 2.67 bits per heavy atom. The predicted octanol–water partition coefficient (Wildman–Crippen LogP) is 2.77. The smallest absolute Gasteiger partial charge is 0.251 e. The number of rotatable bonds is 4. The highest BCUT2D eigenvalue weighted by Gasteiger charge is 2.31. The molecule has 18 heavy (non-hydrogen) atoms. The third-order valence-corrected chi connectivity index (χ3v) is 3.72. The second-order valence-electron chi connectivity index (χ2n) is 5.38. The molecule has 1 saturated carbocycles. The molecule has 2 rings (SSSR count). The Bertz CT molecular complexity index is 453. The van der Waals surface area contributed by atoms with Gasteiger partial charge in [0, 0.05) is 11.7 Å². The largest absolute Gasteiger partial charge is 0.382 e. The Balaban J connectivity index is 1.99. The molecular formula is C14H19FN2O. The summed E-state index contributed by atoms with van der Waals surface area (Å²) in [7, 11) is 0. The van der Waals surface area contributed by atoms with Crippen LogP contribution in [0, 0.1) is 17.7 Å². The van der Waals surface area contributed by atoms with Crippen molar-refractivity contribution in [3.8, 4) is 0 Å². The molecule has 1 aliphatic rings. The molecule has 0 aromatic heterocycles. The minimum Gasteiger partial charge on any atom is -0.382 e. The fourth-order valence-corrected chi connectivity index (χ4v) is 2.36. The lowest BCUT2D eigenvalue weighted by Crippen LogP contribution is -2.37. The van der Waals surface area contributed by atoms with E-state index in [0.29, 0.717) is 12.0 Å². The van der Waals surface area contributed by atoms with Gasteiger partial charge < -0.3 is 11.1 Å². The number of benzene rings is 1. The average molecular weight is 250 g/mol. The van der Waals surface area contributed by atoms with Gasteiger partial charge in [0.2, 0.25) is 0 Å². The molecule has 4 heteroatoms. The molecule has 0 spiro atoms. The minimum atomic E-state index is -0.732. The van der Waals surface area contributed by atoms with Crippen molar-refractivity contribution in [1.29, 1.82) is 0 Å². The second-order valence-corrected chi connectivity index (χ2v) is 5.38. The van der Waals surface area contributed by atoms with E-state index in [1.165, 1.54) is 12.1 Å². The van der Waals surface area contributed by atoms with Gasteiger partial charge in [0.15, 0.2) is 0 Å². The molecule has 0 bridgehead atoms. The monoisotopic (exact) mass is 250 g/mol. The van der Waals surface area contributed by atoms with Crippen LogP contribution in [-0.4, -0.2) is 11.9 Å². The molecule has 0 unspecified atom stereocenters. The fraction of sp³-hybridized carbons (Fsp3) is 0.500. The van der Waals surface area contributed by atoms with Gasteiger partial charge in [0.05, 0.1) is 5.56 Å². The van der Waals surface area contributed by atoms with Crippen LogP contribution in [0.25, 0.3) is 0 Å². The van der Waals surface area contributed by atoms with E-state index in [9.17, 15) is 9.18 Å². The summed E-state index contributed by atoms with van der Waals surface area (Å²) in [5, 5.41) is 3.31. The maximum absolute atomic E-state index is 13.3. The predicted molar refractivity (Wildman–Crippen MR) is 69.9 cm³/mol. The van der Waals surface area contributed by atoms with Crippen molar-refractivity contribution in [3.63, 3.8) is 0 Å². The summed E-state index contributed by atoms with van der Waals surface area (Å²) < 4.78 is 13.3. The summed E-state index contributed by atoms with van der Waals surface area (Å²) in [6, 6.07) is 4.83. The van der Waals surface area contributed by atoms with Crippen molar-refractivity contribution in [2.24, 2.45) is 17.6 Å². The van der Waals surface area contributed by atoms with E-state index in [-0.39, 0.29) is 5.56 Å². The summed E-state index contributed by atoms with van der Waals surface area (Å²) in [6.07, 6.45) is 2.25. The van der Waals surface area contributed by atoms with Crippen LogP contribution in [0.2, 0.25) is 0 Å². The third kappa shape index (κ3) is 2.63. The SMILES string of the molecule is CC(C)C1CC(Nc2ccc(F)c(C(N)=O)c2)C1. The summed E-state index contributed by atoms with van der Waals surface area (Å²) in [6.45, 7) is 4.45. The summed E-state index contributed by atoms with van der Waals surface area (Å²) >= 11 is 0. The summed E-state index contributed by atoms with van der Waals surface area (Å²) in [5.41, 5.74) is 5.82. The van der Waals surface area contributed by atoms with E-state index in [2.05, 4.69) is 19.2 Å². The number of halogens is 1. The number of primary amides is 1. The highest BCUT2D eigenvalue weighted by Crippen LogP contribution is 2.35. The van der Waals surface area contributed by atoms with Gasteiger partial charge in [-0.1, -0.05) is 13.8 Å². The maximum atomic E-state index is 13.3. The number of hydrogen-bond donors (Lipinski definition) is 2. The molecule has 0 heterocycles. The lowest BCUT2D eigenvalue weighted by atomic mass is 9.73. The van der Waals surface area contributed by atoms with Crippen LogP contribution in [0.5, 0.6) is 0 Å². The minimum absolute atomic E-state index is 0.0558. The molecular weight excluding hydrogens is 231 g/mol. The molecule has 0 aliphatic heterocycles. The topological polar surface area (TPSA) is 55.1 Å². The highest BCUT2D eigenvalue weighted by molar-refractivity contribution is 5.94. The molecule has 1 amide bonds. The molecule has 0 atom stereocenters. The van der Waals surface area contributed by atoms with Gasteiger partial charge >= 0.3 is 0 Å². The van der Waals surface area contributed by atoms with Crippen LogP contribution >= 0.6 is 0 Å². The van der Waals surface area contributed by atoms with E-state index in [0.717, 1.165) is 24.4 Å². The van der Waals surface area contributed by atoms with E-state index in [1.54, 1.807) is 6.07 Å². The van der Waals surface area contributed by atoms with Crippen molar-refractivity contribution < 1.29 is 9.18 Å². The fourth-order valence-electron chi connectivity index (χ4n) is 2.36. The van der Waals surface area contributed by atoms with Crippen LogP contribution in [-0.2, 0) is 0 Å². The van der Waals surface area contributed by atoms with Gasteiger partial charge in [-0.05, 0) is 42.9 Å². The summed E-state index contributed by atoms with van der Waals surface area (Å²) in [5.74, 6) is 0.169. The van der Waals surface area contributed by atoms with Crippen molar-refractivity contribution in [2.75, 3.05) is 5.32 Å². The van der Waals surface area contributed by atoms with Gasteiger partial charge in [0.1, 0.15) is 5.82 Å².